The van der Waals surface area contributed by atoms with E-state index in [4.69, 9.17) is 0 Å². The van der Waals surface area contributed by atoms with Gasteiger partial charge in [0.2, 0.25) is 0 Å². The molecule has 0 fully saturated rings. The Hall–Kier alpha value is -1.03. The minimum Gasteiger partial charge on any atom is -0.372 e. The van der Waals surface area contributed by atoms with Crippen molar-refractivity contribution in [1.29, 1.82) is 0 Å². The molecule has 0 spiro atoms. The van der Waals surface area contributed by atoms with Crippen LogP contribution >= 0.6 is 15.9 Å². The number of hydrogen-bond donors (Lipinski definition) is 1. The molecule has 0 aliphatic heterocycles. The van der Waals surface area contributed by atoms with Gasteiger partial charge < -0.3 is 5.32 Å². The van der Waals surface area contributed by atoms with E-state index in [0.29, 0.717) is 0 Å². The van der Waals surface area contributed by atoms with Crippen molar-refractivity contribution in [3.8, 4) is 0 Å². The third-order valence-electron chi connectivity index (χ3n) is 1.70. The van der Waals surface area contributed by atoms with Crippen molar-refractivity contribution >= 4 is 27.4 Å². The first-order chi connectivity index (χ1) is 5.81. The number of rotatable bonds is 1. The van der Waals surface area contributed by atoms with E-state index in [2.05, 4.69) is 26.2 Å². The van der Waals surface area contributed by atoms with Crippen molar-refractivity contribution in [2.75, 3.05) is 12.4 Å². The molecule has 0 atom stereocenters. The van der Waals surface area contributed by atoms with Gasteiger partial charge in [-0.1, -0.05) is 6.07 Å². The van der Waals surface area contributed by atoms with Gasteiger partial charge in [-0.25, -0.2) is 4.98 Å². The largest absolute Gasteiger partial charge is 0.372 e. The molecule has 0 aliphatic rings. The van der Waals surface area contributed by atoms with Crippen LogP contribution < -0.4 is 5.32 Å². The van der Waals surface area contributed by atoms with E-state index in [1.807, 2.05) is 35.8 Å². The zero-order chi connectivity index (χ0) is 8.55. The summed E-state index contributed by atoms with van der Waals surface area (Å²) in [5.74, 6) is 0.877. The van der Waals surface area contributed by atoms with Gasteiger partial charge in [-0.15, -0.1) is 0 Å². The summed E-state index contributed by atoms with van der Waals surface area (Å²) in [5.41, 5.74) is 0.939. The number of anilines is 1. The Labute approximate surface area is 78.6 Å². The number of hydrogen-bond acceptors (Lipinski definition) is 2. The van der Waals surface area contributed by atoms with E-state index >= 15 is 0 Å². The molecule has 12 heavy (non-hydrogen) atoms. The highest BCUT2D eigenvalue weighted by molar-refractivity contribution is 9.10. The lowest BCUT2D eigenvalue weighted by molar-refractivity contribution is 1.14. The van der Waals surface area contributed by atoms with Crippen LogP contribution in [-0.4, -0.2) is 16.4 Å². The highest BCUT2D eigenvalue weighted by atomic mass is 79.9. The van der Waals surface area contributed by atoms with Crippen LogP contribution in [0.1, 0.15) is 0 Å². The summed E-state index contributed by atoms with van der Waals surface area (Å²) in [6.07, 6.45) is 1.94. The maximum Gasteiger partial charge on any atom is 0.145 e. The molecule has 0 bridgehead atoms. The molecule has 1 N–H and O–H groups in total. The summed E-state index contributed by atoms with van der Waals surface area (Å²) in [5, 5.41) is 2.99. The number of fused-ring (bicyclic) bond motifs is 1. The standard InChI is InChI=1S/C8H8BrN3/c1-10-7-5-12-6(9)3-2-4-8(12)11-7/h2-5,10H,1H3. The molecule has 0 saturated heterocycles. The normalized spacial score (nSPS) is 10.5. The average molecular weight is 226 g/mol. The predicted octanol–water partition coefficient (Wildman–Crippen LogP) is 2.14. The number of nitrogens with zero attached hydrogens (tertiary/aromatic N) is 2. The number of nitrogens with one attached hydrogen (secondary N) is 1. The lowest BCUT2D eigenvalue weighted by Crippen LogP contribution is -1.85. The molecule has 2 aromatic heterocycles. The summed E-state index contributed by atoms with van der Waals surface area (Å²) in [4.78, 5) is 4.31. The maximum atomic E-state index is 4.31. The fraction of sp³-hybridized carbons (Fsp3) is 0.125. The van der Waals surface area contributed by atoms with Crippen LogP contribution in [-0.2, 0) is 0 Å². The molecular formula is C8H8BrN3. The molecule has 0 radical (unpaired) electrons. The zero-order valence-electron chi connectivity index (χ0n) is 6.58. The molecule has 2 aromatic rings. The first-order valence-electron chi connectivity index (χ1n) is 3.62. The van der Waals surface area contributed by atoms with Gasteiger partial charge in [0, 0.05) is 7.05 Å². The molecule has 3 nitrogen and oxygen atoms in total. The lowest BCUT2D eigenvalue weighted by atomic mass is 10.5. The quantitative estimate of drug-likeness (QED) is 0.755. The van der Waals surface area contributed by atoms with Crippen LogP contribution in [0.2, 0.25) is 0 Å². The molecule has 0 unspecified atom stereocenters. The SMILES string of the molecule is CNc1cn2c(Br)cccc2n1. The number of halogens is 1. The van der Waals surface area contributed by atoms with E-state index in [1.165, 1.54) is 0 Å². The van der Waals surface area contributed by atoms with Gasteiger partial charge in [0.15, 0.2) is 0 Å². The van der Waals surface area contributed by atoms with E-state index < -0.39 is 0 Å². The summed E-state index contributed by atoms with van der Waals surface area (Å²) in [7, 11) is 1.86. The van der Waals surface area contributed by atoms with Crippen LogP contribution in [0.25, 0.3) is 5.65 Å². The molecular weight excluding hydrogens is 218 g/mol. The van der Waals surface area contributed by atoms with E-state index in [-0.39, 0.29) is 0 Å². The first kappa shape index (κ1) is 7.61. The lowest BCUT2D eigenvalue weighted by Gasteiger charge is -1.93. The summed E-state index contributed by atoms with van der Waals surface area (Å²) in [6, 6.07) is 5.91. The average Bonchev–Trinajstić information content (AvgIpc) is 2.49. The highest BCUT2D eigenvalue weighted by Gasteiger charge is 2.00. The fourth-order valence-electron chi connectivity index (χ4n) is 1.10. The topological polar surface area (TPSA) is 29.3 Å². The Morgan fingerprint density at radius 1 is 1.50 bits per heavy atom. The molecule has 2 rings (SSSR count). The van der Waals surface area contributed by atoms with Crippen LogP contribution in [0.15, 0.2) is 29.0 Å². The third kappa shape index (κ3) is 1.08. The van der Waals surface area contributed by atoms with Crippen LogP contribution in [0.3, 0.4) is 0 Å². The van der Waals surface area contributed by atoms with Gasteiger partial charge >= 0.3 is 0 Å². The van der Waals surface area contributed by atoms with E-state index in [1.54, 1.807) is 0 Å². The van der Waals surface area contributed by atoms with Gasteiger partial charge in [-0.3, -0.25) is 4.40 Å². The van der Waals surface area contributed by atoms with Crippen molar-refractivity contribution < 1.29 is 0 Å². The van der Waals surface area contributed by atoms with Crippen molar-refractivity contribution in [3.63, 3.8) is 0 Å². The Balaban J connectivity index is 2.74. The molecule has 62 valence electrons. The Bertz CT molecular complexity index is 408. The minimum atomic E-state index is 0.877. The monoisotopic (exact) mass is 225 g/mol. The predicted molar refractivity (Wildman–Crippen MR) is 52.4 cm³/mol. The first-order valence-corrected chi connectivity index (χ1v) is 4.42. The number of aromatic nitrogens is 2. The van der Waals surface area contributed by atoms with Gasteiger partial charge in [0.05, 0.1) is 10.8 Å². The van der Waals surface area contributed by atoms with Gasteiger partial charge in [0.25, 0.3) is 0 Å². The van der Waals surface area contributed by atoms with Crippen molar-refractivity contribution in [3.05, 3.63) is 29.0 Å². The fourth-order valence-corrected chi connectivity index (χ4v) is 1.53. The highest BCUT2D eigenvalue weighted by Crippen LogP contribution is 2.15. The summed E-state index contributed by atoms with van der Waals surface area (Å²) < 4.78 is 2.99. The van der Waals surface area contributed by atoms with Crippen molar-refractivity contribution in [1.82, 2.24) is 9.38 Å². The minimum absolute atomic E-state index is 0.877. The molecule has 0 amide bonds. The van der Waals surface area contributed by atoms with Crippen molar-refractivity contribution in [2.24, 2.45) is 0 Å². The second-order valence-corrected chi connectivity index (χ2v) is 3.27. The third-order valence-corrected chi connectivity index (χ3v) is 2.34. The summed E-state index contributed by atoms with van der Waals surface area (Å²) in [6.45, 7) is 0. The Morgan fingerprint density at radius 3 is 3.00 bits per heavy atom. The number of pyridine rings is 1. The Morgan fingerprint density at radius 2 is 2.33 bits per heavy atom. The van der Waals surface area contributed by atoms with Gasteiger partial charge in [-0.05, 0) is 28.1 Å². The van der Waals surface area contributed by atoms with Crippen LogP contribution in [0.5, 0.6) is 0 Å². The molecule has 0 aromatic carbocycles. The maximum absolute atomic E-state index is 4.31. The zero-order valence-corrected chi connectivity index (χ0v) is 8.17. The van der Waals surface area contributed by atoms with E-state index in [9.17, 15) is 0 Å². The van der Waals surface area contributed by atoms with Crippen LogP contribution in [0.4, 0.5) is 5.82 Å². The molecule has 0 aliphatic carbocycles. The number of imidazole rings is 1. The van der Waals surface area contributed by atoms with Crippen molar-refractivity contribution in [2.45, 2.75) is 0 Å². The van der Waals surface area contributed by atoms with Gasteiger partial charge in [-0.2, -0.15) is 0 Å². The Kier molecular flexibility index (Phi) is 1.77. The molecule has 2 heterocycles. The molecule has 4 heteroatoms. The van der Waals surface area contributed by atoms with E-state index in [0.717, 1.165) is 16.1 Å². The second kappa shape index (κ2) is 2.79. The van der Waals surface area contributed by atoms with Crippen LogP contribution in [0, 0.1) is 0 Å². The smallest absolute Gasteiger partial charge is 0.145 e. The second-order valence-electron chi connectivity index (χ2n) is 2.45. The summed E-state index contributed by atoms with van der Waals surface area (Å²) >= 11 is 3.43. The molecule has 0 saturated carbocycles. The van der Waals surface area contributed by atoms with Gasteiger partial charge in [0.1, 0.15) is 11.5 Å².